The first-order chi connectivity index (χ1) is 17.9. The summed E-state index contributed by atoms with van der Waals surface area (Å²) in [7, 11) is 0. The van der Waals surface area contributed by atoms with Crippen LogP contribution in [0.15, 0.2) is 69.9 Å². The number of amides is 2. The Bertz CT molecular complexity index is 1900. The molecule has 7 rings (SSSR count). The van der Waals surface area contributed by atoms with Gasteiger partial charge in [0, 0.05) is 22.2 Å². The molecule has 0 aliphatic carbocycles. The second-order valence-corrected chi connectivity index (χ2v) is 10.7. The number of nitrogens with zero attached hydrogens (tertiary/aromatic N) is 3. The van der Waals surface area contributed by atoms with E-state index in [0.717, 1.165) is 4.70 Å². The largest absolute Gasteiger partial charge is 0.450 e. The Morgan fingerprint density at radius 1 is 1.00 bits per heavy atom. The van der Waals surface area contributed by atoms with E-state index < -0.39 is 22.8 Å². The lowest BCUT2D eigenvalue weighted by molar-refractivity contribution is -0.121. The lowest BCUT2D eigenvalue weighted by Crippen LogP contribution is -2.53. The maximum Gasteiger partial charge on any atom is 0.297 e. The van der Waals surface area contributed by atoms with Gasteiger partial charge in [0.2, 0.25) is 5.76 Å². The number of halogens is 2. The molecule has 0 saturated carbocycles. The molecule has 5 aromatic rings. The third kappa shape index (κ3) is 2.77. The molecule has 0 fully saturated rings. The smallest absolute Gasteiger partial charge is 0.297 e. The number of hydrogen-bond donors (Lipinski definition) is 0. The Morgan fingerprint density at radius 2 is 1.76 bits per heavy atom. The van der Waals surface area contributed by atoms with Crippen molar-refractivity contribution in [2.75, 3.05) is 16.3 Å². The van der Waals surface area contributed by atoms with Crippen LogP contribution in [0.3, 0.4) is 0 Å². The van der Waals surface area contributed by atoms with E-state index in [4.69, 9.17) is 27.6 Å². The van der Waals surface area contributed by atoms with Gasteiger partial charge in [0.25, 0.3) is 11.8 Å². The van der Waals surface area contributed by atoms with Crippen LogP contribution in [-0.4, -0.2) is 23.3 Å². The van der Waals surface area contributed by atoms with Crippen molar-refractivity contribution in [3.8, 4) is 0 Å². The second-order valence-electron chi connectivity index (χ2n) is 8.80. The van der Waals surface area contributed by atoms with E-state index in [-0.39, 0.29) is 27.4 Å². The topological polar surface area (TPSA) is 83.7 Å². The van der Waals surface area contributed by atoms with Crippen LogP contribution in [0.25, 0.3) is 21.2 Å². The van der Waals surface area contributed by atoms with Crippen molar-refractivity contribution < 1.29 is 14.0 Å². The minimum atomic E-state index is -1.78. The van der Waals surface area contributed by atoms with Crippen LogP contribution in [0.2, 0.25) is 10.0 Å². The molecule has 1 atom stereocenters. The molecule has 1 unspecified atom stereocenters. The van der Waals surface area contributed by atoms with Gasteiger partial charge in [0.15, 0.2) is 16.1 Å². The highest BCUT2D eigenvalue weighted by molar-refractivity contribution is 7.22. The molecule has 37 heavy (non-hydrogen) atoms. The summed E-state index contributed by atoms with van der Waals surface area (Å²) in [6, 6.07) is 17.0. The Kier molecular flexibility index (Phi) is 4.64. The SMILES string of the molecule is CCN1C(=O)C2(c3ccccc31)c1c(oc3ccc(Cl)cc3c1=O)C(=O)N2c1nc2ccc(Cl)cc2s1. The third-order valence-corrected chi connectivity index (χ3v) is 8.41. The van der Waals surface area contributed by atoms with Crippen LogP contribution in [0.4, 0.5) is 10.8 Å². The van der Waals surface area contributed by atoms with Gasteiger partial charge in [-0.2, -0.15) is 0 Å². The molecule has 0 saturated heterocycles. The number of aromatic nitrogens is 1. The van der Waals surface area contributed by atoms with Gasteiger partial charge in [0.1, 0.15) is 5.58 Å². The lowest BCUT2D eigenvalue weighted by Gasteiger charge is -2.32. The number of hydrogen-bond acceptors (Lipinski definition) is 6. The average Bonchev–Trinajstić information content (AvgIpc) is 3.49. The zero-order chi connectivity index (χ0) is 25.6. The molecule has 10 heteroatoms. The zero-order valence-corrected chi connectivity index (χ0v) is 21.4. The molecular weight excluding hydrogens is 533 g/mol. The van der Waals surface area contributed by atoms with Gasteiger partial charge in [-0.15, -0.1) is 0 Å². The normalized spacial score (nSPS) is 18.5. The fourth-order valence-electron chi connectivity index (χ4n) is 5.43. The molecule has 1 spiro atoms. The monoisotopic (exact) mass is 547 g/mol. The molecular formula is C27H15Cl2N3O4S. The average molecular weight is 548 g/mol. The highest BCUT2D eigenvalue weighted by Gasteiger charge is 2.66. The van der Waals surface area contributed by atoms with Gasteiger partial charge >= 0.3 is 0 Å². The first-order valence-electron chi connectivity index (χ1n) is 11.4. The van der Waals surface area contributed by atoms with Crippen molar-refractivity contribution in [3.05, 3.63) is 97.8 Å². The maximum absolute atomic E-state index is 14.4. The molecule has 7 nitrogen and oxygen atoms in total. The number of anilines is 2. The van der Waals surface area contributed by atoms with E-state index in [1.54, 1.807) is 47.4 Å². The predicted molar refractivity (Wildman–Crippen MR) is 144 cm³/mol. The van der Waals surface area contributed by atoms with E-state index in [2.05, 4.69) is 4.98 Å². The van der Waals surface area contributed by atoms with E-state index in [0.29, 0.717) is 33.4 Å². The summed E-state index contributed by atoms with van der Waals surface area (Å²) in [6.45, 7) is 2.19. The van der Waals surface area contributed by atoms with Crippen molar-refractivity contribution in [2.24, 2.45) is 0 Å². The van der Waals surface area contributed by atoms with E-state index >= 15 is 0 Å². The number of benzene rings is 3. The highest BCUT2D eigenvalue weighted by atomic mass is 35.5. The summed E-state index contributed by atoms with van der Waals surface area (Å²) >= 11 is 13.6. The summed E-state index contributed by atoms with van der Waals surface area (Å²) in [6.07, 6.45) is 0. The predicted octanol–water partition coefficient (Wildman–Crippen LogP) is 5.98. The molecule has 2 aliphatic heterocycles. The minimum absolute atomic E-state index is 0.0297. The van der Waals surface area contributed by atoms with E-state index in [9.17, 15) is 14.4 Å². The van der Waals surface area contributed by atoms with Crippen LogP contribution in [-0.2, 0) is 10.3 Å². The minimum Gasteiger partial charge on any atom is -0.450 e. The van der Waals surface area contributed by atoms with Gasteiger partial charge in [-0.3, -0.25) is 19.3 Å². The Labute approximate surface area is 223 Å². The number of rotatable bonds is 2. The molecule has 2 amide bonds. The molecule has 3 aromatic carbocycles. The summed E-state index contributed by atoms with van der Waals surface area (Å²) in [5, 5.41) is 1.31. The van der Waals surface area contributed by atoms with Crippen molar-refractivity contribution in [3.63, 3.8) is 0 Å². The molecule has 182 valence electrons. The lowest BCUT2D eigenvalue weighted by atomic mass is 9.84. The third-order valence-electron chi connectivity index (χ3n) is 6.93. The molecule has 4 heterocycles. The highest BCUT2D eigenvalue weighted by Crippen LogP contribution is 2.54. The summed E-state index contributed by atoms with van der Waals surface area (Å²) in [5.41, 5.74) is -0.340. The number of carbonyl (C=O) groups excluding carboxylic acids is 2. The standard InChI is InChI=1S/C27H15Cl2N3O4S/c1-2-31-18-6-4-3-5-16(18)27(25(31)35)21-22(33)15-11-13(28)8-10-19(15)36-23(21)24(34)32(27)26-30-17-9-7-14(29)12-20(17)37-26/h3-12H,2H2,1H3. The van der Waals surface area contributed by atoms with Crippen molar-refractivity contribution in [2.45, 2.75) is 12.5 Å². The number of para-hydroxylation sites is 1. The first kappa shape index (κ1) is 22.5. The molecule has 2 aliphatic rings. The van der Waals surface area contributed by atoms with Crippen LogP contribution in [0, 0.1) is 0 Å². The number of carbonyl (C=O) groups is 2. The number of fused-ring (bicyclic) bond motifs is 6. The van der Waals surface area contributed by atoms with Crippen molar-refractivity contribution in [1.29, 1.82) is 0 Å². The second kappa shape index (κ2) is 7.64. The van der Waals surface area contributed by atoms with Gasteiger partial charge in [-0.25, -0.2) is 4.98 Å². The Hall–Kier alpha value is -3.72. The van der Waals surface area contributed by atoms with Gasteiger partial charge in [-0.05, 0) is 49.4 Å². The quantitative estimate of drug-likeness (QED) is 0.271. The van der Waals surface area contributed by atoms with Gasteiger partial charge in [0.05, 0.1) is 26.9 Å². The molecule has 2 aromatic heterocycles. The molecule has 0 N–H and O–H groups in total. The molecule has 0 radical (unpaired) electrons. The summed E-state index contributed by atoms with van der Waals surface area (Å²) in [5.74, 6) is -1.22. The Morgan fingerprint density at radius 3 is 2.57 bits per heavy atom. The van der Waals surface area contributed by atoms with Crippen LogP contribution < -0.4 is 15.2 Å². The fourth-order valence-corrected chi connectivity index (χ4v) is 6.90. The molecule has 0 bridgehead atoms. The number of thiazole rings is 1. The summed E-state index contributed by atoms with van der Waals surface area (Å²) in [4.78, 5) is 50.3. The van der Waals surface area contributed by atoms with Crippen LogP contribution in [0.1, 0.15) is 28.6 Å². The van der Waals surface area contributed by atoms with Crippen molar-refractivity contribution >= 4 is 78.4 Å². The van der Waals surface area contributed by atoms with E-state index in [1.807, 2.05) is 19.1 Å². The van der Waals surface area contributed by atoms with E-state index in [1.165, 1.54) is 22.3 Å². The maximum atomic E-state index is 14.4. The Balaban J connectivity index is 1.64. The summed E-state index contributed by atoms with van der Waals surface area (Å²) < 4.78 is 6.79. The number of likely N-dealkylation sites (N-methyl/N-ethyl adjacent to an activating group) is 1. The van der Waals surface area contributed by atoms with Crippen molar-refractivity contribution in [1.82, 2.24) is 4.98 Å². The van der Waals surface area contributed by atoms with Gasteiger partial charge in [-0.1, -0.05) is 52.7 Å². The first-order valence-corrected chi connectivity index (χ1v) is 13.0. The zero-order valence-electron chi connectivity index (χ0n) is 19.1. The van der Waals surface area contributed by atoms with Crippen LogP contribution in [0.5, 0.6) is 0 Å². The fraction of sp³-hybridized carbons (Fsp3) is 0.111. The van der Waals surface area contributed by atoms with Crippen LogP contribution >= 0.6 is 34.5 Å². The van der Waals surface area contributed by atoms with Gasteiger partial charge < -0.3 is 9.32 Å².